The van der Waals surface area contributed by atoms with Crippen LogP contribution in [0, 0.1) is 0 Å². The second-order valence-electron chi connectivity index (χ2n) is 5.24. The number of carbonyl (C=O) groups is 1. The first-order chi connectivity index (χ1) is 13.3. The quantitative estimate of drug-likeness (QED) is 0.443. The molecule has 1 aromatic carbocycles. The fourth-order valence-electron chi connectivity index (χ4n) is 1.99. The van der Waals surface area contributed by atoms with Crippen molar-refractivity contribution in [3.8, 4) is 5.75 Å². The van der Waals surface area contributed by atoms with Gasteiger partial charge in [-0.25, -0.2) is 0 Å². The van der Waals surface area contributed by atoms with Gasteiger partial charge >= 0.3 is 6.36 Å². The van der Waals surface area contributed by atoms with E-state index in [1.54, 1.807) is 17.1 Å². The van der Waals surface area contributed by atoms with Crippen molar-refractivity contribution in [1.82, 2.24) is 15.1 Å². The summed E-state index contributed by atoms with van der Waals surface area (Å²) in [4.78, 5) is 13.8. The number of aromatic nitrogens is 2. The Bertz CT molecular complexity index is 799. The summed E-state index contributed by atoms with van der Waals surface area (Å²) in [5.74, 6) is -0.191. The van der Waals surface area contributed by atoms with Crippen LogP contribution in [0.25, 0.3) is 0 Å². The average Bonchev–Trinajstić information content (AvgIpc) is 3.07. The molecule has 28 heavy (non-hydrogen) atoms. The molecule has 0 aliphatic heterocycles. The van der Waals surface area contributed by atoms with E-state index in [1.165, 1.54) is 47.4 Å². The fraction of sp³-hybridized carbons (Fsp3) is 0.235. The number of hydrogen-bond acceptors (Lipinski definition) is 7. The van der Waals surface area contributed by atoms with Crippen molar-refractivity contribution in [3.05, 3.63) is 49.6 Å². The van der Waals surface area contributed by atoms with Gasteiger partial charge in [0.1, 0.15) is 5.75 Å². The molecule has 0 fully saturated rings. The van der Waals surface area contributed by atoms with Crippen LogP contribution in [0.3, 0.4) is 0 Å². The lowest BCUT2D eigenvalue weighted by atomic mass is 10.3. The number of thioether (sulfide) groups is 1. The Kier molecular flexibility index (Phi) is 7.88. The van der Waals surface area contributed by atoms with Gasteiger partial charge in [0.25, 0.3) is 0 Å². The van der Waals surface area contributed by atoms with E-state index in [-0.39, 0.29) is 17.4 Å². The maximum atomic E-state index is 12.2. The third kappa shape index (κ3) is 7.24. The zero-order chi connectivity index (χ0) is 20.6. The minimum Gasteiger partial charge on any atom is -0.406 e. The van der Waals surface area contributed by atoms with Gasteiger partial charge in [-0.1, -0.05) is 35.3 Å². The second-order valence-corrected chi connectivity index (χ2v) is 7.44. The third-order valence-corrected chi connectivity index (χ3v) is 5.07. The van der Waals surface area contributed by atoms with Crippen LogP contribution < -0.4 is 10.1 Å². The van der Waals surface area contributed by atoms with Crippen molar-refractivity contribution in [2.24, 2.45) is 0 Å². The lowest BCUT2D eigenvalue weighted by Gasteiger charge is -2.18. The highest BCUT2D eigenvalue weighted by Crippen LogP contribution is 2.29. The van der Waals surface area contributed by atoms with Gasteiger partial charge in [0.05, 0.1) is 5.75 Å². The maximum Gasteiger partial charge on any atom is 0.573 e. The van der Waals surface area contributed by atoms with Crippen molar-refractivity contribution < 1.29 is 22.7 Å². The van der Waals surface area contributed by atoms with Crippen LogP contribution in [-0.4, -0.2) is 46.2 Å². The highest BCUT2D eigenvalue weighted by Gasteiger charge is 2.30. The molecule has 0 aliphatic carbocycles. The summed E-state index contributed by atoms with van der Waals surface area (Å²) in [6.45, 7) is 8.11. The number of hydrogen-bond donors (Lipinski definition) is 1. The molecule has 1 heterocycles. The number of benzene rings is 1. The molecule has 2 rings (SSSR count). The number of ether oxygens (including phenoxy) is 1. The number of rotatable bonds is 10. The lowest BCUT2D eigenvalue weighted by Crippen LogP contribution is -2.32. The second kappa shape index (κ2) is 10.1. The minimum absolute atomic E-state index is 0.0743. The van der Waals surface area contributed by atoms with Crippen molar-refractivity contribution >= 4 is 39.8 Å². The van der Waals surface area contributed by atoms with Crippen LogP contribution in [-0.2, 0) is 4.79 Å². The molecule has 0 saturated carbocycles. The number of nitrogens with zero attached hydrogens (tertiary/aromatic N) is 3. The predicted octanol–water partition coefficient (Wildman–Crippen LogP) is 4.47. The zero-order valence-electron chi connectivity index (χ0n) is 14.6. The summed E-state index contributed by atoms with van der Waals surface area (Å²) in [7, 11) is 0. The molecular formula is C17H17F3N4O2S2. The molecule has 0 spiro atoms. The molecule has 150 valence electrons. The van der Waals surface area contributed by atoms with Crippen LogP contribution >= 0.6 is 23.1 Å². The Morgan fingerprint density at radius 1 is 1.21 bits per heavy atom. The molecule has 1 aromatic heterocycles. The van der Waals surface area contributed by atoms with Gasteiger partial charge < -0.3 is 15.0 Å². The molecule has 0 radical (unpaired) electrons. The Balaban J connectivity index is 1.89. The number of carbonyl (C=O) groups excluding carboxylic acids is 1. The Labute approximate surface area is 168 Å². The molecule has 1 N–H and O–H groups in total. The summed E-state index contributed by atoms with van der Waals surface area (Å²) >= 11 is 2.48. The van der Waals surface area contributed by atoms with Crippen molar-refractivity contribution in [1.29, 1.82) is 0 Å². The Hall–Kier alpha value is -2.53. The summed E-state index contributed by atoms with van der Waals surface area (Å²) < 4.78 is 40.9. The average molecular weight is 430 g/mol. The summed E-state index contributed by atoms with van der Waals surface area (Å²) in [5, 5.41) is 11.3. The Morgan fingerprint density at radius 3 is 2.43 bits per heavy atom. The summed E-state index contributed by atoms with van der Waals surface area (Å²) in [6, 6.07) is 5.25. The van der Waals surface area contributed by atoms with E-state index in [0.29, 0.717) is 28.2 Å². The molecule has 11 heteroatoms. The van der Waals surface area contributed by atoms with Crippen LogP contribution in [0.15, 0.2) is 53.9 Å². The largest absolute Gasteiger partial charge is 0.573 e. The zero-order valence-corrected chi connectivity index (χ0v) is 16.2. The van der Waals surface area contributed by atoms with Gasteiger partial charge in [-0.05, 0) is 24.3 Å². The van der Waals surface area contributed by atoms with Crippen molar-refractivity contribution in [2.45, 2.75) is 10.7 Å². The van der Waals surface area contributed by atoms with Gasteiger partial charge in [-0.2, -0.15) is 0 Å². The highest BCUT2D eigenvalue weighted by atomic mass is 32.2. The first kappa shape index (κ1) is 21.8. The molecule has 6 nitrogen and oxygen atoms in total. The van der Waals surface area contributed by atoms with Crippen LogP contribution in [0.4, 0.5) is 24.0 Å². The number of nitrogens with one attached hydrogen (secondary N) is 1. The van der Waals surface area contributed by atoms with E-state index in [0.717, 1.165) is 0 Å². The number of anilines is 2. The molecule has 0 unspecified atom stereocenters. The SMILES string of the molecule is C=CCN(CC=C)C(=O)CSc1nnc(Nc2ccc(OC(F)(F)F)cc2)s1. The normalized spacial score (nSPS) is 11.0. The summed E-state index contributed by atoms with van der Waals surface area (Å²) in [5.41, 5.74) is 0.529. The van der Waals surface area contributed by atoms with E-state index < -0.39 is 6.36 Å². The molecule has 1 amide bonds. The lowest BCUT2D eigenvalue weighted by molar-refractivity contribution is -0.274. The van der Waals surface area contributed by atoms with Crippen molar-refractivity contribution in [2.75, 3.05) is 24.2 Å². The van der Waals surface area contributed by atoms with Gasteiger partial charge in [0.2, 0.25) is 11.0 Å². The topological polar surface area (TPSA) is 67.4 Å². The predicted molar refractivity (Wildman–Crippen MR) is 104 cm³/mol. The van der Waals surface area contributed by atoms with Crippen LogP contribution in [0.1, 0.15) is 0 Å². The minimum atomic E-state index is -4.73. The number of amides is 1. The van der Waals surface area contributed by atoms with Crippen LogP contribution in [0.2, 0.25) is 0 Å². The highest BCUT2D eigenvalue weighted by molar-refractivity contribution is 8.01. The number of alkyl halides is 3. The summed E-state index contributed by atoms with van der Waals surface area (Å²) in [6.07, 6.45) is -1.45. The monoisotopic (exact) mass is 430 g/mol. The third-order valence-electron chi connectivity index (χ3n) is 3.12. The molecule has 0 bridgehead atoms. The van der Waals surface area contributed by atoms with Crippen LogP contribution in [0.5, 0.6) is 5.75 Å². The van der Waals surface area contributed by atoms with E-state index >= 15 is 0 Å². The van der Waals surface area contributed by atoms with E-state index in [1.807, 2.05) is 0 Å². The maximum absolute atomic E-state index is 12.2. The van der Waals surface area contributed by atoms with Gasteiger partial charge in [0, 0.05) is 18.8 Å². The molecule has 0 aliphatic rings. The standard InChI is InChI=1S/C17H17F3N4O2S2/c1-3-9-24(10-4-2)14(25)11-27-16-23-22-15(28-16)21-12-5-7-13(8-6-12)26-17(18,19)20/h3-8H,1-2,9-11H2,(H,21,22). The Morgan fingerprint density at radius 2 is 1.86 bits per heavy atom. The van der Waals surface area contributed by atoms with Gasteiger partial charge in [-0.3, -0.25) is 4.79 Å². The van der Waals surface area contributed by atoms with Gasteiger partial charge in [0.15, 0.2) is 4.34 Å². The smallest absolute Gasteiger partial charge is 0.406 e. The van der Waals surface area contributed by atoms with E-state index in [9.17, 15) is 18.0 Å². The molecule has 2 aromatic rings. The van der Waals surface area contributed by atoms with E-state index in [4.69, 9.17) is 0 Å². The first-order valence-corrected chi connectivity index (χ1v) is 9.69. The van der Waals surface area contributed by atoms with E-state index in [2.05, 4.69) is 33.4 Å². The fourth-order valence-corrected chi connectivity index (χ4v) is 3.66. The molecule has 0 saturated heterocycles. The van der Waals surface area contributed by atoms with Crippen molar-refractivity contribution in [3.63, 3.8) is 0 Å². The van der Waals surface area contributed by atoms with Gasteiger partial charge in [-0.15, -0.1) is 36.5 Å². The number of halogens is 3. The molecule has 0 atom stereocenters. The first-order valence-electron chi connectivity index (χ1n) is 7.89. The molecular weight excluding hydrogens is 413 g/mol.